The molecule has 29 heteroatoms. The maximum absolute atomic E-state index is 11.3. The monoisotopic (exact) mass is 958 g/mol. The Kier molecular flexibility index (Phi) is 18.6. The summed E-state index contributed by atoms with van der Waals surface area (Å²) in [6, 6.07) is 0. The highest BCUT2D eigenvalue weighted by molar-refractivity contribution is 4.98. The zero-order valence-corrected chi connectivity index (χ0v) is 34.8. The van der Waals surface area contributed by atoms with Crippen LogP contribution in [0.4, 0.5) is 0 Å². The summed E-state index contributed by atoms with van der Waals surface area (Å²) in [6.07, 6.45) is -50.5. The van der Waals surface area contributed by atoms with Crippen molar-refractivity contribution in [3.05, 3.63) is 0 Å². The Bertz CT molecular complexity index is 1460. The maximum Gasteiger partial charge on any atom is 0.187 e. The molecule has 6 rings (SSSR count). The molecular weight excluding hydrogens is 896 g/mol. The minimum Gasteiger partial charge on any atom is -0.394 e. The van der Waals surface area contributed by atoms with Crippen LogP contribution in [0.15, 0.2) is 0 Å². The molecule has 6 fully saturated rings. The van der Waals surface area contributed by atoms with E-state index in [2.05, 4.69) is 0 Å². The second kappa shape index (κ2) is 22.7. The fourth-order valence-electron chi connectivity index (χ4n) is 8.41. The normalized spacial score (nSPS) is 53.5. The van der Waals surface area contributed by atoms with Crippen LogP contribution in [-0.2, 0) is 56.8 Å². The molecule has 29 atom stereocenters. The van der Waals surface area contributed by atoms with E-state index in [0.29, 0.717) is 0 Å². The van der Waals surface area contributed by atoms with Crippen LogP contribution in [-0.4, -0.2) is 305 Å². The van der Waals surface area contributed by atoms with Gasteiger partial charge in [-0.05, 0) is 6.92 Å². The molecule has 0 amide bonds. The molecule has 29 nitrogen and oxygen atoms in total. The van der Waals surface area contributed by atoms with Crippen LogP contribution in [0.1, 0.15) is 6.92 Å². The zero-order valence-electron chi connectivity index (χ0n) is 34.8. The number of aliphatic hydroxyl groups is 17. The Labute approximate surface area is 368 Å². The van der Waals surface area contributed by atoms with Crippen molar-refractivity contribution in [1.29, 1.82) is 0 Å². The minimum atomic E-state index is -2.06. The van der Waals surface area contributed by atoms with E-state index in [0.717, 1.165) is 7.11 Å². The van der Waals surface area contributed by atoms with Crippen LogP contribution in [0.5, 0.6) is 0 Å². The number of aliphatic hydroxyl groups excluding tert-OH is 17. The largest absolute Gasteiger partial charge is 0.394 e. The van der Waals surface area contributed by atoms with Crippen molar-refractivity contribution >= 4 is 0 Å². The van der Waals surface area contributed by atoms with E-state index in [1.54, 1.807) is 0 Å². The molecule has 0 saturated carbocycles. The molecule has 0 spiro atoms. The summed E-state index contributed by atoms with van der Waals surface area (Å²) < 4.78 is 66.4. The quantitative estimate of drug-likeness (QED) is 0.0724. The standard InChI is InChI=1S/C36H62O29/c1-8-26(62-36-25(52)29(17(44)12(6-40)60-36)64-35-23(50)27(54-2)15(42)10(4-38)59-35)20(47)22(49)32(56-8)65-30-18(45)13(7-55-31(30)53)61-34-24(51)28(16(43)11(5-39)58-34)63-33-21(48)19(46)14(41)9(3-37)57-33/h8-53H,3-7H2,1-2H3/t8-,9-,10-,11-,12-,13-,14-,15-,16-,17-,18+,19+,20-,21-,22-,23-,24-,25-,26-,27+,28+,29+,30-,31?,32+,33+,34+,35+,36+/m1/s1. The summed E-state index contributed by atoms with van der Waals surface area (Å²) in [6.45, 7) is -2.62. The van der Waals surface area contributed by atoms with Crippen molar-refractivity contribution in [3.63, 3.8) is 0 Å². The van der Waals surface area contributed by atoms with Gasteiger partial charge in [-0.1, -0.05) is 0 Å². The average Bonchev–Trinajstić information content (AvgIpc) is 3.28. The summed E-state index contributed by atoms with van der Waals surface area (Å²) in [4.78, 5) is 0. The number of methoxy groups -OCH3 is 1. The molecule has 6 saturated heterocycles. The smallest absolute Gasteiger partial charge is 0.187 e. The molecule has 1 unspecified atom stereocenters. The highest BCUT2D eigenvalue weighted by Crippen LogP contribution is 2.36. The first-order valence-corrected chi connectivity index (χ1v) is 20.8. The molecule has 6 aliphatic heterocycles. The van der Waals surface area contributed by atoms with E-state index in [4.69, 9.17) is 56.8 Å². The summed E-state index contributed by atoms with van der Waals surface area (Å²) >= 11 is 0. The minimum absolute atomic E-state index is 0.608. The predicted octanol–water partition coefficient (Wildman–Crippen LogP) is -11.8. The van der Waals surface area contributed by atoms with E-state index in [1.807, 2.05) is 0 Å². The number of hydrogen-bond donors (Lipinski definition) is 17. The molecule has 0 bridgehead atoms. The third-order valence-electron chi connectivity index (χ3n) is 12.3. The van der Waals surface area contributed by atoms with Crippen LogP contribution in [0.3, 0.4) is 0 Å². The molecule has 0 aromatic carbocycles. The van der Waals surface area contributed by atoms with Gasteiger partial charge in [-0.2, -0.15) is 0 Å². The molecular formula is C36H62O29. The first kappa shape index (κ1) is 53.2. The van der Waals surface area contributed by atoms with Crippen LogP contribution in [0.25, 0.3) is 0 Å². The SMILES string of the molecule is CO[C@@H]1[C@@H](O)[C@H](O[C@@H]2[C@@H](O)[C@H](O[C@H]3[C@H](O)[C@@H](O)[C@H](O[C@H]4C(O)OC[C@@H](O[C@@H]5O[C@H](CO)[C@@H](O)[C@H](O[C@@H]6O[C@H](CO)[C@@H](O)[C@H](O)[C@H]6O)[C@H]5O)[C@@H]4O)O[C@@H]3C)O[C@H](CO)[C@H]2O)O[C@H](CO)[C@H]1O. The molecule has 0 radical (unpaired) electrons. The first-order valence-electron chi connectivity index (χ1n) is 20.8. The Balaban J connectivity index is 1.09. The van der Waals surface area contributed by atoms with Gasteiger partial charge in [0.2, 0.25) is 0 Å². The molecule has 65 heavy (non-hydrogen) atoms. The van der Waals surface area contributed by atoms with E-state index >= 15 is 0 Å². The number of ether oxygens (including phenoxy) is 12. The summed E-state index contributed by atoms with van der Waals surface area (Å²) in [7, 11) is 1.16. The molecule has 6 aliphatic rings. The van der Waals surface area contributed by atoms with Gasteiger partial charge in [-0.15, -0.1) is 0 Å². The van der Waals surface area contributed by atoms with Gasteiger partial charge >= 0.3 is 0 Å². The van der Waals surface area contributed by atoms with Crippen molar-refractivity contribution in [2.45, 2.75) is 185 Å². The summed E-state index contributed by atoms with van der Waals surface area (Å²) in [5.41, 5.74) is 0. The molecule has 0 aliphatic carbocycles. The Morgan fingerprint density at radius 3 is 1.22 bits per heavy atom. The second-order valence-corrected chi connectivity index (χ2v) is 16.5. The van der Waals surface area contributed by atoms with Crippen molar-refractivity contribution < 1.29 is 144 Å². The number of hydrogen-bond acceptors (Lipinski definition) is 29. The lowest BCUT2D eigenvalue weighted by Gasteiger charge is -2.49. The second-order valence-electron chi connectivity index (χ2n) is 16.5. The van der Waals surface area contributed by atoms with Crippen molar-refractivity contribution in [2.75, 3.05) is 40.1 Å². The Morgan fingerprint density at radius 1 is 0.369 bits per heavy atom. The van der Waals surface area contributed by atoms with Crippen LogP contribution < -0.4 is 0 Å². The van der Waals surface area contributed by atoms with E-state index < -0.39 is 211 Å². The van der Waals surface area contributed by atoms with Crippen LogP contribution in [0.2, 0.25) is 0 Å². The van der Waals surface area contributed by atoms with E-state index in [9.17, 15) is 86.8 Å². The summed E-state index contributed by atoms with van der Waals surface area (Å²) in [5.74, 6) is 0. The lowest BCUT2D eigenvalue weighted by atomic mass is 9.96. The Hall–Kier alpha value is -1.16. The topological polar surface area (TPSA) is 455 Å². The van der Waals surface area contributed by atoms with Gasteiger partial charge in [0.25, 0.3) is 0 Å². The van der Waals surface area contributed by atoms with Gasteiger partial charge < -0.3 is 144 Å². The van der Waals surface area contributed by atoms with Crippen LogP contribution >= 0.6 is 0 Å². The van der Waals surface area contributed by atoms with Crippen LogP contribution in [0, 0.1) is 0 Å². The fraction of sp³-hybridized carbons (Fsp3) is 1.00. The van der Waals surface area contributed by atoms with Gasteiger partial charge in [-0.3, -0.25) is 0 Å². The van der Waals surface area contributed by atoms with Gasteiger partial charge in [0, 0.05) is 7.11 Å². The average molecular weight is 959 g/mol. The molecule has 0 aromatic rings. The molecule has 6 heterocycles. The third-order valence-corrected chi connectivity index (χ3v) is 12.3. The highest BCUT2D eigenvalue weighted by Gasteiger charge is 2.56. The number of rotatable bonds is 15. The molecule has 0 aromatic heterocycles. The van der Waals surface area contributed by atoms with Crippen molar-refractivity contribution in [1.82, 2.24) is 0 Å². The van der Waals surface area contributed by atoms with Gasteiger partial charge in [0.15, 0.2) is 37.7 Å². The third kappa shape index (κ3) is 10.9. The Morgan fingerprint density at radius 2 is 0.738 bits per heavy atom. The summed E-state index contributed by atoms with van der Waals surface area (Å²) in [5, 5.41) is 180. The first-order chi connectivity index (χ1) is 30.8. The lowest BCUT2D eigenvalue weighted by molar-refractivity contribution is -0.392. The highest BCUT2D eigenvalue weighted by atomic mass is 16.8. The van der Waals surface area contributed by atoms with Crippen molar-refractivity contribution in [3.8, 4) is 0 Å². The van der Waals surface area contributed by atoms with Gasteiger partial charge in [-0.25, -0.2) is 0 Å². The molecule has 17 N–H and O–H groups in total. The molecule has 380 valence electrons. The predicted molar refractivity (Wildman–Crippen MR) is 197 cm³/mol. The van der Waals surface area contributed by atoms with E-state index in [-0.39, 0.29) is 0 Å². The zero-order chi connectivity index (χ0) is 47.8. The van der Waals surface area contributed by atoms with Crippen molar-refractivity contribution in [2.24, 2.45) is 0 Å². The maximum atomic E-state index is 11.3. The van der Waals surface area contributed by atoms with E-state index in [1.165, 1.54) is 6.92 Å². The van der Waals surface area contributed by atoms with Gasteiger partial charge in [0.05, 0.1) is 39.1 Å². The fourth-order valence-corrected chi connectivity index (χ4v) is 8.41. The van der Waals surface area contributed by atoms with Gasteiger partial charge in [0.1, 0.15) is 134 Å². The lowest BCUT2D eigenvalue weighted by Crippen LogP contribution is -2.67.